The summed E-state index contributed by atoms with van der Waals surface area (Å²) in [6, 6.07) is 0.688. The van der Waals surface area contributed by atoms with Crippen LogP contribution in [0.15, 0.2) is 14.5 Å². The summed E-state index contributed by atoms with van der Waals surface area (Å²) < 4.78 is 86.8. The second-order valence-electron chi connectivity index (χ2n) is 16.5. The number of anilines is 1. The van der Waals surface area contributed by atoms with Gasteiger partial charge in [-0.25, -0.2) is 21.6 Å². The van der Waals surface area contributed by atoms with Gasteiger partial charge in [0.25, 0.3) is 25.9 Å². The van der Waals surface area contributed by atoms with Gasteiger partial charge >= 0.3 is 5.97 Å². The zero-order valence-electron chi connectivity index (χ0n) is 37.1. The van der Waals surface area contributed by atoms with Crippen LogP contribution < -0.4 is 25.0 Å². The van der Waals surface area contributed by atoms with Crippen molar-refractivity contribution in [1.82, 2.24) is 28.4 Å². The van der Waals surface area contributed by atoms with E-state index in [-0.39, 0.29) is 66.0 Å². The topological polar surface area (TPSA) is 259 Å². The van der Waals surface area contributed by atoms with E-state index in [2.05, 4.69) is 19.4 Å². The molecule has 1 amide bonds. The molecule has 354 valence electrons. The number of methoxy groups -OCH3 is 1. The molecule has 2 aliphatic heterocycles. The maximum absolute atomic E-state index is 13.5. The number of thiophene rings is 1. The molecule has 3 N–H and O–H groups in total. The van der Waals surface area contributed by atoms with Crippen molar-refractivity contribution in [2.24, 2.45) is 17.8 Å². The lowest BCUT2D eigenvalue weighted by Gasteiger charge is -2.32. The van der Waals surface area contributed by atoms with Gasteiger partial charge in [0.2, 0.25) is 11.7 Å². The highest BCUT2D eigenvalue weighted by molar-refractivity contribution is 7.94. The highest BCUT2D eigenvalue weighted by Crippen LogP contribution is 2.40. The summed E-state index contributed by atoms with van der Waals surface area (Å²) in [6.45, 7) is 15.5. The minimum Gasteiger partial charge on any atom is -0.474 e. The van der Waals surface area contributed by atoms with Crippen LogP contribution in [0, 0.1) is 17.8 Å². The van der Waals surface area contributed by atoms with Gasteiger partial charge in [0.15, 0.2) is 17.7 Å². The van der Waals surface area contributed by atoms with E-state index in [0.29, 0.717) is 75.5 Å². The highest BCUT2D eigenvalue weighted by Gasteiger charge is 2.41. The van der Waals surface area contributed by atoms with Crippen molar-refractivity contribution in [1.29, 1.82) is 0 Å². The first-order valence-corrected chi connectivity index (χ1v) is 25.3. The second kappa shape index (κ2) is 23.1. The van der Waals surface area contributed by atoms with Crippen molar-refractivity contribution in [3.63, 3.8) is 0 Å². The van der Waals surface area contributed by atoms with E-state index in [1.54, 1.807) is 0 Å². The molecule has 1 saturated heterocycles. The van der Waals surface area contributed by atoms with E-state index >= 15 is 0 Å². The number of aromatic nitrogens is 2. The molecule has 1 unspecified atom stereocenters. The van der Waals surface area contributed by atoms with Crippen molar-refractivity contribution in [3.05, 3.63) is 11.6 Å². The van der Waals surface area contributed by atoms with Crippen LogP contribution >= 0.6 is 23.1 Å². The number of likely N-dealkylation sites (N-methyl/N-ethyl adjacent to an activating group) is 1. The van der Waals surface area contributed by atoms with E-state index in [0.717, 1.165) is 18.7 Å². The molecule has 0 radical (unpaired) electrons. The fourth-order valence-electron chi connectivity index (χ4n) is 6.80. The molecular formula is C39H61N7O13S4. The van der Waals surface area contributed by atoms with Crippen LogP contribution in [0.25, 0.3) is 0 Å². The molecule has 2 aliphatic rings. The lowest BCUT2D eigenvalue weighted by atomic mass is 9.90. The van der Waals surface area contributed by atoms with Crippen LogP contribution in [-0.4, -0.2) is 144 Å². The first-order valence-electron chi connectivity index (χ1n) is 20.8. The first kappa shape index (κ1) is 52.1. The lowest BCUT2D eigenvalue weighted by molar-refractivity contribution is -0.157. The summed E-state index contributed by atoms with van der Waals surface area (Å²) >= 11 is 1.52. The van der Waals surface area contributed by atoms with Gasteiger partial charge < -0.3 is 34.5 Å². The van der Waals surface area contributed by atoms with Gasteiger partial charge in [-0.3, -0.25) is 24.0 Å². The number of amides is 1. The fourth-order valence-corrected chi connectivity index (χ4v) is 12.3. The number of morpholine rings is 1. The van der Waals surface area contributed by atoms with E-state index in [9.17, 15) is 40.8 Å². The smallest absolute Gasteiger partial charge is 0.306 e. The zero-order valence-corrected chi connectivity index (χ0v) is 40.4. The number of ketones is 3. The minimum atomic E-state index is -4.66. The number of sulfonamides is 2. The monoisotopic (exact) mass is 963 g/mol. The summed E-state index contributed by atoms with van der Waals surface area (Å²) in [6.07, 6.45) is -1.43. The fraction of sp³-hybridized carbons (Fsp3) is 0.718. The number of esters is 1. The van der Waals surface area contributed by atoms with Gasteiger partial charge in [-0.1, -0.05) is 6.92 Å². The Hall–Kier alpha value is -3.49. The van der Waals surface area contributed by atoms with Crippen molar-refractivity contribution in [3.8, 4) is 5.88 Å². The number of rotatable bonds is 25. The van der Waals surface area contributed by atoms with Gasteiger partial charge in [0.05, 0.1) is 49.8 Å². The molecule has 0 aromatic carbocycles. The third-order valence-electron chi connectivity index (χ3n) is 10.4. The maximum Gasteiger partial charge on any atom is 0.306 e. The molecule has 1 fully saturated rings. The molecule has 0 bridgehead atoms. The molecule has 24 heteroatoms. The number of hydrogen-bond acceptors (Lipinski definition) is 20. The quantitative estimate of drug-likeness (QED) is 0.0731. The number of nitrogens with zero attached hydrogens (tertiary/aromatic N) is 4. The van der Waals surface area contributed by atoms with Crippen molar-refractivity contribution in [2.45, 2.75) is 100 Å². The van der Waals surface area contributed by atoms with Crippen LogP contribution in [0.1, 0.15) is 85.8 Å². The predicted octanol–water partition coefficient (Wildman–Crippen LogP) is 2.10. The molecule has 5 atom stereocenters. The SMILES string of the molecule is CCN[C@H]1CN(CCCOC)S(=O)(=O)c2sc(S(=O)(=O)NC(=O)[C@@H](C)C(=O)[C@@H](C)C(=O)[C@H](C)OC(=O)CCC(=O)CC(CNC(C)(C)C)COc3nsnc3N3CCOCC3)cc21. The Bertz CT molecular complexity index is 2130. The van der Waals surface area contributed by atoms with Crippen LogP contribution in [-0.2, 0) is 58.2 Å². The Morgan fingerprint density at radius 2 is 1.73 bits per heavy atom. The molecule has 0 saturated carbocycles. The molecule has 0 spiro atoms. The summed E-state index contributed by atoms with van der Waals surface area (Å²) in [5.41, 5.74) is 0.00770. The third kappa shape index (κ3) is 14.5. The van der Waals surface area contributed by atoms with E-state index < -0.39 is 71.7 Å². The van der Waals surface area contributed by atoms with E-state index in [1.165, 1.54) is 31.3 Å². The molecule has 2 aromatic heterocycles. The van der Waals surface area contributed by atoms with Crippen LogP contribution in [0.3, 0.4) is 0 Å². The number of carbonyl (C=O) groups excluding carboxylic acids is 5. The number of fused-ring (bicyclic) bond motifs is 1. The molecule has 4 rings (SSSR count). The van der Waals surface area contributed by atoms with Gasteiger partial charge in [-0.2, -0.15) is 8.68 Å². The van der Waals surface area contributed by atoms with Crippen molar-refractivity contribution >= 4 is 78.2 Å². The average molecular weight is 964 g/mol. The van der Waals surface area contributed by atoms with Gasteiger partial charge in [-0.05, 0) is 60.6 Å². The van der Waals surface area contributed by atoms with Crippen LogP contribution in [0.4, 0.5) is 5.82 Å². The number of nitrogens with one attached hydrogen (secondary N) is 3. The lowest BCUT2D eigenvalue weighted by Crippen LogP contribution is -2.43. The molecule has 0 aliphatic carbocycles. The second-order valence-corrected chi connectivity index (χ2v) is 22.1. The summed E-state index contributed by atoms with van der Waals surface area (Å²) in [5.74, 6) is -6.47. The maximum atomic E-state index is 13.5. The highest BCUT2D eigenvalue weighted by atomic mass is 32.3. The number of Topliss-reactive ketones (excluding diaryl/α,β-unsaturated/α-hetero) is 3. The Kier molecular flexibility index (Phi) is 19.1. The summed E-state index contributed by atoms with van der Waals surface area (Å²) in [7, 11) is -7.22. The molecule has 63 heavy (non-hydrogen) atoms. The third-order valence-corrected chi connectivity index (χ3v) is 16.2. The Balaban J connectivity index is 1.30. The number of ether oxygens (including phenoxy) is 4. The van der Waals surface area contributed by atoms with E-state index in [4.69, 9.17) is 18.9 Å². The number of hydrogen-bond donors (Lipinski definition) is 3. The van der Waals surface area contributed by atoms with Gasteiger partial charge in [0, 0.05) is 82.3 Å². The average Bonchev–Trinajstić information content (AvgIpc) is 3.91. The Morgan fingerprint density at radius 3 is 2.38 bits per heavy atom. The van der Waals surface area contributed by atoms with Crippen molar-refractivity contribution < 1.29 is 59.8 Å². The summed E-state index contributed by atoms with van der Waals surface area (Å²) in [5, 5.41) is 6.56. The first-order chi connectivity index (χ1) is 29.6. The summed E-state index contributed by atoms with van der Waals surface area (Å²) in [4.78, 5) is 67.6. The molecular weight excluding hydrogens is 903 g/mol. The zero-order chi connectivity index (χ0) is 46.7. The van der Waals surface area contributed by atoms with Crippen molar-refractivity contribution in [2.75, 3.05) is 77.7 Å². The normalized spacial score (nSPS) is 18.7. The minimum absolute atomic E-state index is 0.0647. The molecule has 4 heterocycles. The number of carbonyl (C=O) groups is 5. The largest absolute Gasteiger partial charge is 0.474 e. The van der Waals surface area contributed by atoms with Crippen LogP contribution in [0.2, 0.25) is 0 Å². The Labute approximate surface area is 377 Å². The van der Waals surface area contributed by atoms with E-state index in [1.807, 2.05) is 37.3 Å². The Morgan fingerprint density at radius 1 is 1.03 bits per heavy atom. The standard InChI is InChI=1S/C39H61N7O13S4/c1-9-40-30-22-46(13-10-16-56-8)63(54,55)38-29(30)20-32(60-38)62(52,53)44-36(51)25(3)33(49)24(2)34(50)26(4)59-31(48)12-11-28(47)19-27(21-41-39(5,6)7)23-58-37-35(42-61-43-37)45-14-17-57-18-15-45/h20,24-27,30,40-41H,9-19,21-23H2,1-8H3,(H,44,51)/t24-,25+,26+,27?,30+/m1/s1. The van der Waals surface area contributed by atoms with Crippen LogP contribution in [0.5, 0.6) is 5.88 Å². The predicted molar refractivity (Wildman–Crippen MR) is 234 cm³/mol. The van der Waals surface area contributed by atoms with Gasteiger partial charge in [-0.15, -0.1) is 15.7 Å². The molecule has 20 nitrogen and oxygen atoms in total. The molecule has 2 aromatic rings. The van der Waals surface area contributed by atoms with Gasteiger partial charge in [0.1, 0.15) is 14.2 Å².